The number of hydrogen-bond donors (Lipinski definition) is 4. The fraction of sp³-hybridized carbons (Fsp3) is 0. The van der Waals surface area contributed by atoms with Gasteiger partial charge in [0, 0.05) is 42.3 Å². The van der Waals surface area contributed by atoms with Gasteiger partial charge < -0.3 is 22.9 Å². The summed E-state index contributed by atoms with van der Waals surface area (Å²) in [7, 11) is 6.67. The Kier molecular flexibility index (Phi) is 9.43. The molecule has 0 aliphatic heterocycles. The summed E-state index contributed by atoms with van der Waals surface area (Å²) in [4.78, 5) is 4.51. The van der Waals surface area contributed by atoms with E-state index in [0.29, 0.717) is 0 Å². The van der Waals surface area contributed by atoms with Gasteiger partial charge in [-0.15, -0.1) is 0 Å². The van der Waals surface area contributed by atoms with Crippen molar-refractivity contribution >= 4 is 65.9 Å². The number of hydrogen-bond acceptors (Lipinski definition) is 8. The lowest BCUT2D eigenvalue weighted by molar-refractivity contribution is 1.46. The molecule has 4 aromatic carbocycles. The van der Waals surface area contributed by atoms with E-state index >= 15 is 0 Å². The van der Waals surface area contributed by atoms with E-state index < -0.39 is 0 Å². The Hall–Kier alpha value is -2.52. The van der Waals surface area contributed by atoms with E-state index in [-0.39, 0.29) is 0 Å². The molecule has 0 unspecified atom stereocenters. The van der Waals surface area contributed by atoms with Gasteiger partial charge in [0.15, 0.2) is 0 Å². The second-order valence-electron chi connectivity index (χ2n) is 6.55. The predicted molar refractivity (Wildman–Crippen MR) is 147 cm³/mol. The Morgan fingerprint density at radius 2 is 0.719 bits per heavy atom. The first-order valence-corrected chi connectivity index (χ1v) is 13.9. The van der Waals surface area contributed by atoms with Gasteiger partial charge in [-0.2, -0.15) is 0 Å². The summed E-state index contributed by atoms with van der Waals surface area (Å²) in [5.74, 6) is 0. The first-order chi connectivity index (χ1) is 15.5. The summed E-state index contributed by atoms with van der Waals surface area (Å²) < 4.78 is 0. The van der Waals surface area contributed by atoms with Crippen molar-refractivity contribution < 1.29 is 0 Å². The Morgan fingerprint density at radius 3 is 1.06 bits per heavy atom. The maximum absolute atomic E-state index is 5.86. The van der Waals surface area contributed by atoms with Crippen LogP contribution in [0.3, 0.4) is 0 Å². The van der Waals surface area contributed by atoms with Crippen molar-refractivity contribution in [3.8, 4) is 0 Å². The lowest BCUT2D eigenvalue weighted by Crippen LogP contribution is -1.87. The monoisotopic (exact) mass is 496 g/mol. The zero-order chi connectivity index (χ0) is 22.8. The zero-order valence-corrected chi connectivity index (χ0v) is 20.4. The molecule has 4 aromatic rings. The van der Waals surface area contributed by atoms with Crippen LogP contribution in [0.2, 0.25) is 0 Å². The molecule has 164 valence electrons. The first-order valence-electron chi connectivity index (χ1n) is 9.60. The van der Waals surface area contributed by atoms with E-state index in [2.05, 4.69) is 0 Å². The first kappa shape index (κ1) is 24.1. The minimum Gasteiger partial charge on any atom is -0.399 e. The molecule has 0 saturated heterocycles. The summed E-state index contributed by atoms with van der Waals surface area (Å²) in [6, 6.07) is 31.3. The molecule has 0 fully saturated rings. The van der Waals surface area contributed by atoms with Gasteiger partial charge in [0.1, 0.15) is 0 Å². The number of nitrogens with two attached hydrogens (primary N) is 4. The molecule has 8 N–H and O–H groups in total. The predicted octanol–water partition coefficient (Wildman–Crippen LogP) is 7.30. The van der Waals surface area contributed by atoms with Crippen molar-refractivity contribution in [3.05, 3.63) is 97.1 Å². The van der Waals surface area contributed by atoms with Crippen molar-refractivity contribution in [2.45, 2.75) is 19.6 Å². The van der Waals surface area contributed by atoms with Crippen molar-refractivity contribution in [2.24, 2.45) is 0 Å². The average molecular weight is 497 g/mol. The second kappa shape index (κ2) is 12.5. The molecular weight excluding hydrogens is 473 g/mol. The van der Waals surface area contributed by atoms with Crippen LogP contribution >= 0.6 is 43.2 Å². The standard InChI is InChI=1S/2C12H12N2S2/c13-9-1-5-11(6-2-9)15-16-12-7-3-10(14)4-8-12;13-9-5-1-3-7-11(9)15-16-12-8-4-2-6-10(12)14/h2*1-8H,13-14H2. The highest BCUT2D eigenvalue weighted by Gasteiger charge is 2.03. The molecule has 0 saturated carbocycles. The van der Waals surface area contributed by atoms with Crippen LogP contribution < -0.4 is 22.9 Å². The summed E-state index contributed by atoms with van der Waals surface area (Å²) in [5.41, 5.74) is 26.1. The van der Waals surface area contributed by atoms with Gasteiger partial charge in [-0.05, 0) is 72.8 Å². The van der Waals surface area contributed by atoms with Gasteiger partial charge in [0.25, 0.3) is 0 Å². The van der Waals surface area contributed by atoms with Crippen LogP contribution in [0.25, 0.3) is 0 Å². The highest BCUT2D eigenvalue weighted by Crippen LogP contribution is 2.41. The molecular formula is C24H24N4S4. The van der Waals surface area contributed by atoms with E-state index in [1.165, 1.54) is 9.79 Å². The van der Waals surface area contributed by atoms with E-state index in [1.807, 2.05) is 97.1 Å². The van der Waals surface area contributed by atoms with Gasteiger partial charge in [-0.3, -0.25) is 0 Å². The molecule has 0 heterocycles. The molecule has 4 rings (SSSR count). The minimum atomic E-state index is 0.793. The Labute approximate surface area is 204 Å². The van der Waals surface area contributed by atoms with Gasteiger partial charge in [-0.1, -0.05) is 67.4 Å². The average Bonchev–Trinajstić information content (AvgIpc) is 2.81. The van der Waals surface area contributed by atoms with E-state index in [1.54, 1.807) is 43.2 Å². The van der Waals surface area contributed by atoms with Crippen LogP contribution in [0.5, 0.6) is 0 Å². The highest BCUT2D eigenvalue weighted by molar-refractivity contribution is 8.77. The largest absolute Gasteiger partial charge is 0.399 e. The third-order valence-corrected chi connectivity index (χ3v) is 8.98. The molecule has 0 aliphatic rings. The maximum Gasteiger partial charge on any atom is 0.0461 e. The van der Waals surface area contributed by atoms with E-state index in [4.69, 9.17) is 22.9 Å². The van der Waals surface area contributed by atoms with Crippen LogP contribution in [0.15, 0.2) is 117 Å². The normalized spacial score (nSPS) is 10.2. The Bertz CT molecular complexity index is 1030. The topological polar surface area (TPSA) is 104 Å². The van der Waals surface area contributed by atoms with Crippen LogP contribution in [-0.2, 0) is 0 Å². The maximum atomic E-state index is 5.86. The van der Waals surface area contributed by atoms with Crippen molar-refractivity contribution in [1.29, 1.82) is 0 Å². The Balaban J connectivity index is 0.000000181. The third kappa shape index (κ3) is 7.87. The lowest BCUT2D eigenvalue weighted by Gasteiger charge is -2.05. The summed E-state index contributed by atoms with van der Waals surface area (Å²) in [6.45, 7) is 0. The molecule has 8 heteroatoms. The number of para-hydroxylation sites is 2. The second-order valence-corrected chi connectivity index (χ2v) is 11.0. The van der Waals surface area contributed by atoms with Gasteiger partial charge in [0.2, 0.25) is 0 Å². The molecule has 0 radical (unpaired) electrons. The quantitative estimate of drug-likeness (QED) is 0.163. The molecule has 0 atom stereocenters. The van der Waals surface area contributed by atoms with Crippen LogP contribution in [0, 0.1) is 0 Å². The van der Waals surface area contributed by atoms with Gasteiger partial charge in [-0.25, -0.2) is 0 Å². The van der Waals surface area contributed by atoms with Crippen molar-refractivity contribution in [3.63, 3.8) is 0 Å². The molecule has 0 aliphatic carbocycles. The summed E-state index contributed by atoms with van der Waals surface area (Å²) >= 11 is 0. The van der Waals surface area contributed by atoms with Crippen LogP contribution in [0.1, 0.15) is 0 Å². The molecule has 0 bridgehead atoms. The fourth-order valence-electron chi connectivity index (χ4n) is 2.35. The van der Waals surface area contributed by atoms with Gasteiger partial charge >= 0.3 is 0 Å². The summed E-state index contributed by atoms with van der Waals surface area (Å²) in [5, 5.41) is 0. The molecule has 0 amide bonds. The lowest BCUT2D eigenvalue weighted by atomic mass is 10.3. The molecule has 4 nitrogen and oxygen atoms in total. The van der Waals surface area contributed by atoms with Crippen molar-refractivity contribution in [2.75, 3.05) is 22.9 Å². The third-order valence-electron chi connectivity index (χ3n) is 4.05. The van der Waals surface area contributed by atoms with Crippen LogP contribution in [-0.4, -0.2) is 0 Å². The number of nitrogen functional groups attached to an aromatic ring is 4. The minimum absolute atomic E-state index is 0.793. The number of anilines is 4. The fourth-order valence-corrected chi connectivity index (χ4v) is 6.50. The number of benzene rings is 4. The van der Waals surface area contributed by atoms with E-state index in [9.17, 15) is 0 Å². The van der Waals surface area contributed by atoms with Gasteiger partial charge in [0.05, 0.1) is 0 Å². The molecule has 0 aromatic heterocycles. The van der Waals surface area contributed by atoms with E-state index in [0.717, 1.165) is 32.5 Å². The molecule has 32 heavy (non-hydrogen) atoms. The zero-order valence-electron chi connectivity index (χ0n) is 17.2. The SMILES string of the molecule is Nc1ccc(SSc2ccc(N)cc2)cc1.Nc1ccccc1SSc1ccccc1N. The summed E-state index contributed by atoms with van der Waals surface area (Å²) in [6.07, 6.45) is 0. The van der Waals surface area contributed by atoms with Crippen molar-refractivity contribution in [1.82, 2.24) is 0 Å². The highest BCUT2D eigenvalue weighted by atomic mass is 33.1. The van der Waals surface area contributed by atoms with Crippen LogP contribution in [0.4, 0.5) is 22.7 Å². The smallest absolute Gasteiger partial charge is 0.0461 e. The molecule has 0 spiro atoms. The number of rotatable bonds is 6. The Morgan fingerprint density at radius 1 is 0.375 bits per heavy atom.